The van der Waals surface area contributed by atoms with Gasteiger partial charge in [0.05, 0.1) is 0 Å². The van der Waals surface area contributed by atoms with Crippen LogP contribution in [0.25, 0.3) is 0 Å². The Labute approximate surface area is 87.1 Å². The molecule has 1 aromatic carbocycles. The molecule has 0 fully saturated rings. The van der Waals surface area contributed by atoms with Crippen LogP contribution in [0.3, 0.4) is 0 Å². The number of halogens is 2. The van der Waals surface area contributed by atoms with Crippen molar-refractivity contribution in [3.63, 3.8) is 0 Å². The van der Waals surface area contributed by atoms with Gasteiger partial charge in [-0.05, 0) is 17.7 Å². The summed E-state index contributed by atoms with van der Waals surface area (Å²) >= 11 is 9.26. The van der Waals surface area contributed by atoms with Gasteiger partial charge in [0.2, 0.25) is 0 Å². The van der Waals surface area contributed by atoms with E-state index in [0.717, 1.165) is 4.47 Å². The predicted octanol–water partition coefficient (Wildman–Crippen LogP) is 3.97. The summed E-state index contributed by atoms with van der Waals surface area (Å²) in [5.74, 6) is 0.647. The van der Waals surface area contributed by atoms with E-state index >= 15 is 0 Å². The third-order valence-electron chi connectivity index (χ3n) is 1.96. The molecule has 1 rings (SSSR count). The predicted molar refractivity (Wildman–Crippen MR) is 57.9 cm³/mol. The third-order valence-corrected chi connectivity index (χ3v) is 3.16. The van der Waals surface area contributed by atoms with Crippen molar-refractivity contribution in [3.8, 4) is 0 Å². The van der Waals surface area contributed by atoms with E-state index in [1.54, 1.807) is 0 Å². The van der Waals surface area contributed by atoms with Gasteiger partial charge in [0.25, 0.3) is 0 Å². The number of alkyl halides is 1. The van der Waals surface area contributed by atoms with Gasteiger partial charge in [-0.1, -0.05) is 41.9 Å². The SMILES string of the molecule is CC(C)(CCl)c1ccc(Br)cc1. The molecule has 0 aliphatic rings. The lowest BCUT2D eigenvalue weighted by atomic mass is 9.87. The minimum atomic E-state index is 0.0717. The standard InChI is InChI=1S/C10H12BrCl/c1-10(2,7-12)8-3-5-9(11)6-4-8/h3-6H,7H2,1-2H3. The van der Waals surface area contributed by atoms with E-state index in [1.807, 2.05) is 12.1 Å². The normalized spacial score (nSPS) is 11.7. The second-order valence-corrected chi connectivity index (χ2v) is 4.71. The van der Waals surface area contributed by atoms with Crippen molar-refractivity contribution in [2.75, 3.05) is 5.88 Å². The van der Waals surface area contributed by atoms with E-state index < -0.39 is 0 Å². The molecule has 0 bridgehead atoms. The highest BCUT2D eigenvalue weighted by Gasteiger charge is 2.18. The molecular weight excluding hydrogens is 235 g/mol. The van der Waals surface area contributed by atoms with E-state index in [2.05, 4.69) is 41.9 Å². The van der Waals surface area contributed by atoms with Crippen LogP contribution < -0.4 is 0 Å². The van der Waals surface area contributed by atoms with Crippen LogP contribution in [0.15, 0.2) is 28.7 Å². The highest BCUT2D eigenvalue weighted by atomic mass is 79.9. The fourth-order valence-corrected chi connectivity index (χ4v) is 1.40. The summed E-state index contributed by atoms with van der Waals surface area (Å²) in [5, 5.41) is 0. The first-order valence-electron chi connectivity index (χ1n) is 3.88. The maximum absolute atomic E-state index is 5.86. The minimum absolute atomic E-state index is 0.0717. The first kappa shape index (κ1) is 10.1. The van der Waals surface area contributed by atoms with Gasteiger partial charge < -0.3 is 0 Å². The topological polar surface area (TPSA) is 0 Å². The van der Waals surface area contributed by atoms with E-state index in [0.29, 0.717) is 5.88 Å². The van der Waals surface area contributed by atoms with Crippen molar-refractivity contribution in [2.45, 2.75) is 19.3 Å². The van der Waals surface area contributed by atoms with Crippen molar-refractivity contribution in [1.82, 2.24) is 0 Å². The molecule has 0 saturated heterocycles. The maximum atomic E-state index is 5.86. The summed E-state index contributed by atoms with van der Waals surface area (Å²) in [6.45, 7) is 4.28. The molecule has 0 spiro atoms. The van der Waals surface area contributed by atoms with Crippen molar-refractivity contribution < 1.29 is 0 Å². The Balaban J connectivity index is 2.96. The Morgan fingerprint density at radius 2 is 1.75 bits per heavy atom. The largest absolute Gasteiger partial charge is 0.126 e. The summed E-state index contributed by atoms with van der Waals surface area (Å²) in [7, 11) is 0. The van der Waals surface area contributed by atoms with Crippen LogP contribution in [-0.4, -0.2) is 5.88 Å². The second kappa shape index (κ2) is 3.80. The molecule has 0 heterocycles. The Bertz CT molecular complexity index is 251. The fraction of sp³-hybridized carbons (Fsp3) is 0.400. The molecule has 0 aliphatic carbocycles. The average Bonchev–Trinajstić information content (AvgIpc) is 2.05. The number of hydrogen-bond acceptors (Lipinski definition) is 0. The molecule has 12 heavy (non-hydrogen) atoms. The molecular formula is C10H12BrCl. The molecule has 2 heteroatoms. The molecule has 0 aromatic heterocycles. The number of rotatable bonds is 2. The van der Waals surface area contributed by atoms with Crippen molar-refractivity contribution >= 4 is 27.5 Å². The first-order chi connectivity index (χ1) is 5.56. The van der Waals surface area contributed by atoms with Crippen molar-refractivity contribution in [1.29, 1.82) is 0 Å². The highest BCUT2D eigenvalue weighted by molar-refractivity contribution is 9.10. The van der Waals surface area contributed by atoms with E-state index in [4.69, 9.17) is 11.6 Å². The summed E-state index contributed by atoms with van der Waals surface area (Å²) in [5.41, 5.74) is 1.35. The zero-order valence-electron chi connectivity index (χ0n) is 7.27. The highest BCUT2D eigenvalue weighted by Crippen LogP contribution is 2.25. The van der Waals surface area contributed by atoms with E-state index in [1.165, 1.54) is 5.56 Å². The lowest BCUT2D eigenvalue weighted by Crippen LogP contribution is -2.18. The van der Waals surface area contributed by atoms with Gasteiger partial charge in [-0.3, -0.25) is 0 Å². The maximum Gasteiger partial charge on any atom is 0.0315 e. The van der Waals surface area contributed by atoms with Crippen LogP contribution in [0.2, 0.25) is 0 Å². The van der Waals surface area contributed by atoms with Crippen LogP contribution in [0.1, 0.15) is 19.4 Å². The van der Waals surface area contributed by atoms with E-state index in [-0.39, 0.29) is 5.41 Å². The number of benzene rings is 1. The Morgan fingerprint density at radius 1 is 1.25 bits per heavy atom. The Kier molecular flexibility index (Phi) is 3.19. The van der Waals surface area contributed by atoms with Gasteiger partial charge in [-0.25, -0.2) is 0 Å². The quantitative estimate of drug-likeness (QED) is 0.694. The lowest BCUT2D eigenvalue weighted by molar-refractivity contribution is 0.598. The molecule has 0 radical (unpaired) electrons. The summed E-state index contributed by atoms with van der Waals surface area (Å²) in [6.07, 6.45) is 0. The molecule has 0 atom stereocenters. The molecule has 0 N–H and O–H groups in total. The van der Waals surface area contributed by atoms with Crippen LogP contribution in [0, 0.1) is 0 Å². The average molecular weight is 248 g/mol. The molecule has 0 amide bonds. The van der Waals surface area contributed by atoms with Crippen LogP contribution in [0.5, 0.6) is 0 Å². The van der Waals surface area contributed by atoms with Gasteiger partial charge >= 0.3 is 0 Å². The van der Waals surface area contributed by atoms with Gasteiger partial charge in [0.1, 0.15) is 0 Å². The van der Waals surface area contributed by atoms with Gasteiger partial charge in [0.15, 0.2) is 0 Å². The molecule has 1 aromatic rings. The fourth-order valence-electron chi connectivity index (χ4n) is 0.978. The van der Waals surface area contributed by atoms with Gasteiger partial charge in [0, 0.05) is 15.8 Å². The molecule has 0 aliphatic heterocycles. The van der Waals surface area contributed by atoms with Crippen molar-refractivity contribution in [3.05, 3.63) is 34.3 Å². The first-order valence-corrected chi connectivity index (χ1v) is 5.21. The molecule has 66 valence electrons. The summed E-state index contributed by atoms with van der Waals surface area (Å²) in [4.78, 5) is 0. The Morgan fingerprint density at radius 3 is 2.17 bits per heavy atom. The van der Waals surface area contributed by atoms with Crippen molar-refractivity contribution in [2.24, 2.45) is 0 Å². The lowest BCUT2D eigenvalue weighted by Gasteiger charge is -2.21. The minimum Gasteiger partial charge on any atom is -0.126 e. The zero-order chi connectivity index (χ0) is 9.19. The Hall–Kier alpha value is -0.0100. The van der Waals surface area contributed by atoms with Gasteiger partial charge in [-0.2, -0.15) is 0 Å². The van der Waals surface area contributed by atoms with Gasteiger partial charge in [-0.15, -0.1) is 11.6 Å². The molecule has 0 nitrogen and oxygen atoms in total. The monoisotopic (exact) mass is 246 g/mol. The third kappa shape index (κ3) is 2.24. The number of hydrogen-bond donors (Lipinski definition) is 0. The van der Waals surface area contributed by atoms with Crippen LogP contribution in [-0.2, 0) is 5.41 Å². The second-order valence-electron chi connectivity index (χ2n) is 3.52. The summed E-state index contributed by atoms with van der Waals surface area (Å²) in [6, 6.07) is 8.30. The van der Waals surface area contributed by atoms with Crippen LogP contribution in [0.4, 0.5) is 0 Å². The van der Waals surface area contributed by atoms with E-state index in [9.17, 15) is 0 Å². The smallest absolute Gasteiger partial charge is 0.0315 e. The zero-order valence-corrected chi connectivity index (χ0v) is 9.61. The molecule has 0 unspecified atom stereocenters. The summed E-state index contributed by atoms with van der Waals surface area (Å²) < 4.78 is 1.11. The molecule has 0 saturated carbocycles. The van der Waals surface area contributed by atoms with Crippen LogP contribution >= 0.6 is 27.5 Å².